The van der Waals surface area contributed by atoms with E-state index in [9.17, 15) is 18.4 Å². The maximum atomic E-state index is 14.8. The molecule has 5 nitrogen and oxygen atoms in total. The van der Waals surface area contributed by atoms with Crippen molar-refractivity contribution in [3.8, 4) is 5.69 Å². The van der Waals surface area contributed by atoms with Gasteiger partial charge in [0.1, 0.15) is 17.5 Å². The molecule has 1 aromatic heterocycles. The Kier molecular flexibility index (Phi) is 9.40. The van der Waals surface area contributed by atoms with E-state index in [0.717, 1.165) is 11.3 Å². The first kappa shape index (κ1) is 30.1. The third-order valence-corrected chi connectivity index (χ3v) is 7.08. The minimum Gasteiger partial charge on any atom is -0.296 e. The second-order valence-corrected chi connectivity index (χ2v) is 9.35. The van der Waals surface area contributed by atoms with Gasteiger partial charge in [0.15, 0.2) is 5.78 Å². The first-order valence-corrected chi connectivity index (χ1v) is 12.3. The molecule has 1 amide bonds. The molecular weight excluding hydrogens is 536 g/mol. The maximum Gasteiger partial charge on any atom is 0.232 e. The Balaban J connectivity index is 0.00000210. The summed E-state index contributed by atoms with van der Waals surface area (Å²) in [5.41, 5.74) is 3.35. The number of ketones is 1. The average Bonchev–Trinajstić information content (AvgIpc) is 3.24. The van der Waals surface area contributed by atoms with Crippen molar-refractivity contribution < 1.29 is 18.4 Å². The second-order valence-electron chi connectivity index (χ2n) is 9.35. The van der Waals surface area contributed by atoms with Crippen molar-refractivity contribution in [3.63, 3.8) is 0 Å². The predicted molar refractivity (Wildman–Crippen MR) is 159 cm³/mol. The summed E-state index contributed by atoms with van der Waals surface area (Å²) in [6, 6.07) is 20.2. The highest BCUT2D eigenvalue weighted by Crippen LogP contribution is 2.47. The van der Waals surface area contributed by atoms with Crippen LogP contribution in [0.15, 0.2) is 72.8 Å². The van der Waals surface area contributed by atoms with Crippen LogP contribution in [0.1, 0.15) is 52.0 Å². The van der Waals surface area contributed by atoms with Crippen LogP contribution >= 0.6 is 27.0 Å². The molecular formula is C30H31F2N3O2S2. The van der Waals surface area contributed by atoms with E-state index in [1.807, 2.05) is 44.2 Å². The monoisotopic (exact) mass is 567 g/mol. The summed E-state index contributed by atoms with van der Waals surface area (Å²) >= 11 is 0. The van der Waals surface area contributed by atoms with Gasteiger partial charge in [0.2, 0.25) is 5.91 Å². The first-order valence-electron chi connectivity index (χ1n) is 12.3. The van der Waals surface area contributed by atoms with Crippen LogP contribution in [0.5, 0.6) is 0 Å². The molecule has 9 heteroatoms. The number of halogens is 2. The smallest absolute Gasteiger partial charge is 0.232 e. The zero-order valence-electron chi connectivity index (χ0n) is 21.9. The number of anilines is 1. The number of nitrogens with zero attached hydrogens (tertiary/aromatic N) is 3. The second kappa shape index (κ2) is 12.2. The quantitative estimate of drug-likeness (QED) is 0.254. The Morgan fingerprint density at radius 1 is 0.923 bits per heavy atom. The minimum absolute atomic E-state index is 0. The van der Waals surface area contributed by atoms with Crippen molar-refractivity contribution in [1.29, 1.82) is 0 Å². The standard InChI is InChI=1S/C30H27F2N3O2.2H2S/c1-4-34-29-26(19(3)33-35(29)22-10-6-5-7-11-22)27(20-13-15-21(31)16-14-20)24(30(34)37)17-25(36)23-12-8-9-18(2)28(23)32;;/h5-16,24,27H,4,17H2,1-3H3;2*1H2/t24-,27+;;/m0../s1. The predicted octanol–water partition coefficient (Wildman–Crippen LogP) is 6.38. The van der Waals surface area contributed by atoms with E-state index < -0.39 is 29.3 Å². The van der Waals surface area contributed by atoms with Gasteiger partial charge in [-0.25, -0.2) is 13.5 Å². The molecule has 1 aliphatic heterocycles. The van der Waals surface area contributed by atoms with Crippen LogP contribution in [0, 0.1) is 31.4 Å². The van der Waals surface area contributed by atoms with Gasteiger partial charge < -0.3 is 0 Å². The van der Waals surface area contributed by atoms with Crippen LogP contribution in [0.2, 0.25) is 0 Å². The SMILES string of the molecule is CCN1C(=O)[C@@H](CC(=O)c2cccc(C)c2F)[C@@H](c2ccc(F)cc2)c2c(C)nn(-c3ccccc3)c21.S.S. The van der Waals surface area contributed by atoms with Crippen molar-refractivity contribution >= 4 is 44.5 Å². The molecule has 2 heterocycles. The fourth-order valence-electron chi connectivity index (χ4n) is 5.30. The van der Waals surface area contributed by atoms with Gasteiger partial charge in [-0.3, -0.25) is 14.5 Å². The number of hydrogen-bond donors (Lipinski definition) is 0. The van der Waals surface area contributed by atoms with Crippen molar-refractivity contribution in [2.24, 2.45) is 5.92 Å². The lowest BCUT2D eigenvalue weighted by molar-refractivity contribution is -0.123. The van der Waals surface area contributed by atoms with Crippen LogP contribution in [0.25, 0.3) is 5.69 Å². The number of Topliss-reactive ketones (excluding diaryl/α,β-unsaturated/α-hetero) is 1. The molecule has 0 fully saturated rings. The van der Waals surface area contributed by atoms with Gasteiger partial charge in [-0.2, -0.15) is 32.1 Å². The molecule has 4 aromatic rings. The number of hydrogen-bond acceptors (Lipinski definition) is 3. The molecule has 1 aliphatic rings. The van der Waals surface area contributed by atoms with Gasteiger partial charge in [0.05, 0.1) is 22.9 Å². The number of aryl methyl sites for hydroxylation is 2. The molecule has 0 saturated carbocycles. The third-order valence-electron chi connectivity index (χ3n) is 7.08. The normalized spacial score (nSPS) is 16.2. The van der Waals surface area contributed by atoms with Gasteiger partial charge in [-0.15, -0.1) is 0 Å². The third kappa shape index (κ3) is 5.38. The summed E-state index contributed by atoms with van der Waals surface area (Å²) in [5.74, 6) is -2.39. The number of aromatic nitrogens is 2. The van der Waals surface area contributed by atoms with E-state index in [0.29, 0.717) is 29.2 Å². The number of carbonyl (C=O) groups is 2. The van der Waals surface area contributed by atoms with Crippen LogP contribution in [0.3, 0.4) is 0 Å². The van der Waals surface area contributed by atoms with Crippen molar-refractivity contribution in [3.05, 3.63) is 112 Å². The Labute approximate surface area is 240 Å². The van der Waals surface area contributed by atoms with Crippen molar-refractivity contribution in [1.82, 2.24) is 9.78 Å². The average molecular weight is 568 g/mol. The molecule has 0 unspecified atom stereocenters. The molecule has 39 heavy (non-hydrogen) atoms. The number of fused-ring (bicyclic) bond motifs is 1. The van der Waals surface area contributed by atoms with E-state index in [1.165, 1.54) is 18.2 Å². The molecule has 0 spiro atoms. The number of benzene rings is 3. The van der Waals surface area contributed by atoms with E-state index in [4.69, 9.17) is 5.10 Å². The lowest BCUT2D eigenvalue weighted by Gasteiger charge is -2.38. The molecule has 0 N–H and O–H groups in total. The molecule has 0 radical (unpaired) electrons. The van der Waals surface area contributed by atoms with Gasteiger partial charge in [-0.05, 0) is 62.2 Å². The fourth-order valence-corrected chi connectivity index (χ4v) is 5.30. The summed E-state index contributed by atoms with van der Waals surface area (Å²) in [5, 5.41) is 4.79. The molecule has 5 rings (SSSR count). The van der Waals surface area contributed by atoms with Gasteiger partial charge in [-0.1, -0.05) is 42.5 Å². The topological polar surface area (TPSA) is 55.2 Å². The Morgan fingerprint density at radius 3 is 2.23 bits per heavy atom. The van der Waals surface area contributed by atoms with E-state index in [1.54, 1.807) is 40.8 Å². The first-order chi connectivity index (χ1) is 17.8. The zero-order valence-corrected chi connectivity index (χ0v) is 23.9. The Bertz CT molecular complexity index is 1490. The summed E-state index contributed by atoms with van der Waals surface area (Å²) in [6.45, 7) is 5.71. The van der Waals surface area contributed by atoms with Crippen molar-refractivity contribution in [2.45, 2.75) is 33.1 Å². The number of rotatable bonds is 6. The van der Waals surface area contributed by atoms with Crippen molar-refractivity contribution in [2.75, 3.05) is 11.4 Å². The number of para-hydroxylation sites is 1. The molecule has 0 aliphatic carbocycles. The minimum atomic E-state index is -0.808. The maximum absolute atomic E-state index is 14.8. The molecule has 2 atom stereocenters. The van der Waals surface area contributed by atoms with E-state index in [2.05, 4.69) is 0 Å². The largest absolute Gasteiger partial charge is 0.296 e. The van der Waals surface area contributed by atoms with Gasteiger partial charge in [0.25, 0.3) is 0 Å². The molecule has 0 bridgehead atoms. The highest BCUT2D eigenvalue weighted by Gasteiger charge is 2.45. The lowest BCUT2D eigenvalue weighted by atomic mass is 9.74. The molecule has 204 valence electrons. The van der Waals surface area contributed by atoms with Gasteiger partial charge in [0, 0.05) is 24.4 Å². The Hall–Kier alpha value is -3.43. The lowest BCUT2D eigenvalue weighted by Crippen LogP contribution is -2.45. The summed E-state index contributed by atoms with van der Waals surface area (Å²) in [4.78, 5) is 29.1. The van der Waals surface area contributed by atoms with Crippen LogP contribution in [0.4, 0.5) is 14.6 Å². The highest BCUT2D eigenvalue weighted by atomic mass is 32.1. The Morgan fingerprint density at radius 2 is 1.59 bits per heavy atom. The number of amides is 1. The molecule has 0 saturated heterocycles. The zero-order chi connectivity index (χ0) is 26.3. The van der Waals surface area contributed by atoms with Crippen LogP contribution in [-0.2, 0) is 4.79 Å². The van der Waals surface area contributed by atoms with E-state index in [-0.39, 0.29) is 44.9 Å². The summed E-state index contributed by atoms with van der Waals surface area (Å²) in [6.07, 6.45) is -0.187. The van der Waals surface area contributed by atoms with Crippen LogP contribution in [-0.4, -0.2) is 28.0 Å². The highest BCUT2D eigenvalue weighted by molar-refractivity contribution is 7.59. The summed E-state index contributed by atoms with van der Waals surface area (Å²) in [7, 11) is 0. The molecule has 3 aromatic carbocycles. The van der Waals surface area contributed by atoms with Crippen LogP contribution < -0.4 is 4.90 Å². The number of carbonyl (C=O) groups excluding carboxylic acids is 2. The summed E-state index contributed by atoms with van der Waals surface area (Å²) < 4.78 is 30.5. The fraction of sp³-hybridized carbons (Fsp3) is 0.233. The van der Waals surface area contributed by atoms with Gasteiger partial charge >= 0.3 is 0 Å². The van der Waals surface area contributed by atoms with E-state index >= 15 is 0 Å².